The smallest absolute Gasteiger partial charge is 0.0620 e. The van der Waals surface area contributed by atoms with Crippen molar-refractivity contribution in [2.24, 2.45) is 17.8 Å². The van der Waals surface area contributed by atoms with E-state index >= 15 is 0 Å². The van der Waals surface area contributed by atoms with Gasteiger partial charge in [0.05, 0.1) is 15.7 Å². The first-order valence-electron chi connectivity index (χ1n) is 6.17. The molecule has 3 atom stereocenters. The summed E-state index contributed by atoms with van der Waals surface area (Å²) < 4.78 is 0. The van der Waals surface area contributed by atoms with Crippen LogP contribution in [0.25, 0.3) is 0 Å². The van der Waals surface area contributed by atoms with Gasteiger partial charge in [-0.05, 0) is 24.2 Å². The average molecular weight is 186 g/mol. The van der Waals surface area contributed by atoms with Crippen LogP contribution in [0.15, 0.2) is 0 Å². The largest absolute Gasteiger partial charge is 0.0987 e. The molecule has 3 unspecified atom stereocenters. The van der Waals surface area contributed by atoms with E-state index in [0.717, 1.165) is 11.8 Å². The van der Waals surface area contributed by atoms with Gasteiger partial charge in [0.1, 0.15) is 0 Å². The van der Waals surface area contributed by atoms with Gasteiger partial charge in [0.25, 0.3) is 0 Å². The SMILES string of the molecule is [B]C([B])(C)C1CCCC2CCCCC21. The van der Waals surface area contributed by atoms with E-state index in [0.29, 0.717) is 5.92 Å². The Labute approximate surface area is 91.0 Å². The van der Waals surface area contributed by atoms with Gasteiger partial charge in [0.15, 0.2) is 0 Å². The number of rotatable bonds is 1. The molecule has 0 spiro atoms. The molecule has 2 aliphatic carbocycles. The summed E-state index contributed by atoms with van der Waals surface area (Å²) in [5, 5.41) is -0.444. The van der Waals surface area contributed by atoms with Crippen LogP contribution in [0.4, 0.5) is 0 Å². The third-order valence-corrected chi connectivity index (χ3v) is 4.37. The van der Waals surface area contributed by atoms with Crippen molar-refractivity contribution in [3.8, 4) is 0 Å². The Morgan fingerprint density at radius 2 is 1.57 bits per heavy atom. The Morgan fingerprint density at radius 3 is 2.29 bits per heavy atom. The van der Waals surface area contributed by atoms with Gasteiger partial charge in [-0.25, -0.2) is 0 Å². The standard InChI is InChI=1S/C12H20B2/c1-12(13,14)11-8-4-6-9-5-2-3-7-10(9)11/h9-11H,2-8H2,1H3. The Balaban J connectivity index is 2.09. The van der Waals surface area contributed by atoms with E-state index in [-0.39, 0.29) is 0 Å². The molecule has 2 heteroatoms. The summed E-state index contributed by atoms with van der Waals surface area (Å²) in [5.41, 5.74) is 0. The molecular formula is C12H20B2. The molecule has 4 radical (unpaired) electrons. The van der Waals surface area contributed by atoms with E-state index in [1.165, 1.54) is 44.9 Å². The predicted molar refractivity (Wildman–Crippen MR) is 62.7 cm³/mol. The molecule has 0 nitrogen and oxygen atoms in total. The van der Waals surface area contributed by atoms with Crippen molar-refractivity contribution >= 4 is 15.7 Å². The fourth-order valence-electron chi connectivity index (χ4n) is 3.71. The molecule has 0 bridgehead atoms. The van der Waals surface area contributed by atoms with E-state index in [1.54, 1.807) is 0 Å². The van der Waals surface area contributed by atoms with E-state index in [1.807, 2.05) is 6.92 Å². The Bertz CT molecular complexity index is 193. The second-order valence-electron chi connectivity index (χ2n) is 5.61. The van der Waals surface area contributed by atoms with Gasteiger partial charge in [-0.1, -0.05) is 50.7 Å². The van der Waals surface area contributed by atoms with Crippen molar-refractivity contribution in [2.45, 2.75) is 57.1 Å². The topological polar surface area (TPSA) is 0 Å². The average Bonchev–Trinajstić information content (AvgIpc) is 2.15. The first-order valence-corrected chi connectivity index (χ1v) is 6.17. The quantitative estimate of drug-likeness (QED) is 0.552. The first-order chi connectivity index (χ1) is 6.59. The van der Waals surface area contributed by atoms with Gasteiger partial charge >= 0.3 is 0 Å². The normalized spacial score (nSPS) is 39.1. The minimum absolute atomic E-state index is 0.444. The lowest BCUT2D eigenvalue weighted by Crippen LogP contribution is -2.37. The highest BCUT2D eigenvalue weighted by molar-refractivity contribution is 6.39. The number of fused-ring (bicyclic) bond motifs is 1. The molecule has 14 heavy (non-hydrogen) atoms. The van der Waals surface area contributed by atoms with Crippen LogP contribution in [0.2, 0.25) is 5.21 Å². The molecule has 2 aliphatic rings. The Morgan fingerprint density at radius 1 is 0.929 bits per heavy atom. The maximum absolute atomic E-state index is 6.09. The van der Waals surface area contributed by atoms with Crippen LogP contribution in [0.1, 0.15) is 51.9 Å². The molecule has 2 fully saturated rings. The molecule has 0 aromatic rings. The van der Waals surface area contributed by atoms with Crippen molar-refractivity contribution in [3.63, 3.8) is 0 Å². The summed E-state index contributed by atoms with van der Waals surface area (Å²) in [6, 6.07) is 0. The van der Waals surface area contributed by atoms with Gasteiger partial charge in [0.2, 0.25) is 0 Å². The third kappa shape index (κ3) is 2.04. The van der Waals surface area contributed by atoms with Crippen molar-refractivity contribution in [2.75, 3.05) is 0 Å². The molecule has 0 aromatic heterocycles. The highest BCUT2D eigenvalue weighted by Crippen LogP contribution is 2.50. The minimum atomic E-state index is -0.444. The van der Waals surface area contributed by atoms with Crippen molar-refractivity contribution in [1.29, 1.82) is 0 Å². The highest BCUT2D eigenvalue weighted by atomic mass is 14.4. The van der Waals surface area contributed by atoms with Gasteiger partial charge in [-0.3, -0.25) is 0 Å². The molecule has 0 aromatic carbocycles. The van der Waals surface area contributed by atoms with Gasteiger partial charge in [0, 0.05) is 0 Å². The summed E-state index contributed by atoms with van der Waals surface area (Å²) in [5.74, 6) is 2.34. The predicted octanol–water partition coefficient (Wildman–Crippen LogP) is 3.07. The molecule has 0 saturated heterocycles. The lowest BCUT2D eigenvalue weighted by molar-refractivity contribution is 0.0940. The highest BCUT2D eigenvalue weighted by Gasteiger charge is 2.39. The minimum Gasteiger partial charge on any atom is -0.0987 e. The second-order valence-corrected chi connectivity index (χ2v) is 5.61. The summed E-state index contributed by atoms with van der Waals surface area (Å²) in [6.07, 6.45) is 9.65. The van der Waals surface area contributed by atoms with Crippen LogP contribution >= 0.6 is 0 Å². The van der Waals surface area contributed by atoms with Gasteiger partial charge in [-0.2, -0.15) is 0 Å². The lowest BCUT2D eigenvalue weighted by Gasteiger charge is -2.47. The van der Waals surface area contributed by atoms with Crippen LogP contribution in [0.3, 0.4) is 0 Å². The van der Waals surface area contributed by atoms with E-state index in [4.69, 9.17) is 15.7 Å². The summed E-state index contributed by atoms with van der Waals surface area (Å²) in [4.78, 5) is 0. The van der Waals surface area contributed by atoms with Crippen LogP contribution in [0.5, 0.6) is 0 Å². The van der Waals surface area contributed by atoms with Gasteiger partial charge < -0.3 is 0 Å². The second kappa shape index (κ2) is 3.94. The van der Waals surface area contributed by atoms with Crippen molar-refractivity contribution < 1.29 is 0 Å². The molecule has 74 valence electrons. The number of hydrogen-bond acceptors (Lipinski definition) is 0. The fraction of sp³-hybridized carbons (Fsp3) is 1.00. The maximum Gasteiger partial charge on any atom is 0.0620 e. The lowest BCUT2D eigenvalue weighted by atomic mass is 9.43. The van der Waals surface area contributed by atoms with E-state index < -0.39 is 5.21 Å². The molecule has 2 saturated carbocycles. The summed E-state index contributed by atoms with van der Waals surface area (Å²) in [7, 11) is 12.2. The molecule has 0 amide bonds. The van der Waals surface area contributed by atoms with Crippen molar-refractivity contribution in [1.82, 2.24) is 0 Å². The molecule has 0 N–H and O–H groups in total. The Kier molecular flexibility index (Phi) is 3.00. The van der Waals surface area contributed by atoms with Gasteiger partial charge in [-0.15, -0.1) is 0 Å². The van der Waals surface area contributed by atoms with E-state index in [2.05, 4.69) is 0 Å². The molecule has 0 heterocycles. The summed E-state index contributed by atoms with van der Waals surface area (Å²) >= 11 is 0. The maximum atomic E-state index is 6.09. The van der Waals surface area contributed by atoms with E-state index in [9.17, 15) is 0 Å². The Hall–Kier alpha value is 0.130. The molecule has 2 rings (SSSR count). The third-order valence-electron chi connectivity index (χ3n) is 4.37. The zero-order chi connectivity index (χ0) is 10.2. The fourth-order valence-corrected chi connectivity index (χ4v) is 3.71. The van der Waals surface area contributed by atoms with Crippen LogP contribution in [-0.4, -0.2) is 15.7 Å². The van der Waals surface area contributed by atoms with Crippen LogP contribution in [-0.2, 0) is 0 Å². The molecule has 0 aliphatic heterocycles. The summed E-state index contributed by atoms with van der Waals surface area (Å²) in [6.45, 7) is 2.01. The van der Waals surface area contributed by atoms with Crippen LogP contribution in [0, 0.1) is 17.8 Å². The zero-order valence-corrected chi connectivity index (χ0v) is 9.34. The van der Waals surface area contributed by atoms with Crippen LogP contribution < -0.4 is 0 Å². The first kappa shape index (κ1) is 10.6. The van der Waals surface area contributed by atoms with Crippen molar-refractivity contribution in [3.05, 3.63) is 0 Å². The number of hydrogen-bond donors (Lipinski definition) is 0. The molecular weight excluding hydrogens is 166 g/mol. The zero-order valence-electron chi connectivity index (χ0n) is 9.34. The monoisotopic (exact) mass is 186 g/mol.